The van der Waals surface area contributed by atoms with Crippen molar-refractivity contribution in [2.45, 2.75) is 18.5 Å². The second-order valence-corrected chi connectivity index (χ2v) is 3.95. The van der Waals surface area contributed by atoms with Crippen LogP contribution in [0.25, 0.3) is 0 Å². The Morgan fingerprint density at radius 1 is 1.54 bits per heavy atom. The predicted octanol–water partition coefficient (Wildman–Crippen LogP) is -4.29. The molecular formula is C5H13NaO6S. The van der Waals surface area contributed by atoms with Gasteiger partial charge in [-0.05, 0) is 6.92 Å². The van der Waals surface area contributed by atoms with Crippen LogP contribution in [0.15, 0.2) is 0 Å². The second-order valence-electron chi connectivity index (χ2n) is 2.25. The van der Waals surface area contributed by atoms with Crippen LogP contribution in [0.3, 0.4) is 0 Å². The van der Waals surface area contributed by atoms with Gasteiger partial charge in [0.15, 0.2) is 5.44 Å². The number of aliphatic hydroxyl groups is 2. The Labute approximate surface area is 100 Å². The van der Waals surface area contributed by atoms with Crippen molar-refractivity contribution in [3.8, 4) is 0 Å². The molecule has 0 aliphatic heterocycles. The van der Waals surface area contributed by atoms with Crippen molar-refractivity contribution in [3.63, 3.8) is 0 Å². The Hall–Kier alpha value is 0.790. The zero-order valence-corrected chi connectivity index (χ0v) is 10.4. The van der Waals surface area contributed by atoms with E-state index in [0.29, 0.717) is 0 Å². The molecule has 0 bridgehead atoms. The van der Waals surface area contributed by atoms with Crippen molar-refractivity contribution in [1.82, 2.24) is 0 Å². The molecule has 0 aliphatic carbocycles. The molecule has 0 fully saturated rings. The molecule has 2 unspecified atom stereocenters. The van der Waals surface area contributed by atoms with E-state index in [9.17, 15) is 8.42 Å². The third-order valence-electron chi connectivity index (χ3n) is 1.15. The summed E-state index contributed by atoms with van der Waals surface area (Å²) in [5.74, 6) is 0. The Kier molecular flexibility index (Phi) is 8.90. The van der Waals surface area contributed by atoms with Crippen LogP contribution in [0.5, 0.6) is 0 Å². The van der Waals surface area contributed by atoms with Gasteiger partial charge in [0.1, 0.15) is 6.10 Å². The quantitative estimate of drug-likeness (QED) is 0.322. The first-order chi connectivity index (χ1) is 5.38. The molecule has 0 aromatic rings. The van der Waals surface area contributed by atoms with E-state index in [2.05, 4.69) is 4.74 Å². The summed E-state index contributed by atoms with van der Waals surface area (Å²) in [6, 6.07) is 0. The van der Waals surface area contributed by atoms with Crippen LogP contribution in [-0.4, -0.2) is 47.9 Å². The van der Waals surface area contributed by atoms with Crippen LogP contribution in [0.1, 0.15) is 8.35 Å². The zero-order valence-electron chi connectivity index (χ0n) is 8.54. The molecule has 0 heterocycles. The van der Waals surface area contributed by atoms with E-state index in [1.807, 2.05) is 0 Å². The molecule has 0 aromatic heterocycles. The van der Waals surface area contributed by atoms with E-state index >= 15 is 0 Å². The molecular weight excluding hydrogens is 211 g/mol. The number of aliphatic hydroxyl groups excluding tert-OH is 2. The summed E-state index contributed by atoms with van der Waals surface area (Å²) in [5.41, 5.74) is -1.39. The Balaban J connectivity index is -0.000000605. The van der Waals surface area contributed by atoms with Crippen LogP contribution >= 0.6 is 0 Å². The summed E-state index contributed by atoms with van der Waals surface area (Å²) in [5, 5.41) is 17.0. The van der Waals surface area contributed by atoms with Crippen molar-refractivity contribution in [2.24, 2.45) is 0 Å². The summed E-state index contributed by atoms with van der Waals surface area (Å²) in [4.78, 5) is 0. The maximum absolute atomic E-state index is 10.3. The average Bonchev–Trinajstić information content (AvgIpc) is 1.97. The van der Waals surface area contributed by atoms with Crippen LogP contribution in [0, 0.1) is 0 Å². The summed E-state index contributed by atoms with van der Waals surface area (Å²) < 4.78 is 33.5. The minimum Gasteiger partial charge on any atom is -1.00 e. The molecule has 0 aliphatic rings. The molecule has 8 heteroatoms. The minimum atomic E-state index is -4.22. The molecule has 76 valence electrons. The Bertz CT molecular complexity index is 220. The third-order valence-corrected chi connectivity index (χ3v) is 2.13. The minimum absolute atomic E-state index is 0. The Morgan fingerprint density at radius 3 is 2.31 bits per heavy atom. The Morgan fingerprint density at radius 2 is 2.00 bits per heavy atom. The van der Waals surface area contributed by atoms with Crippen molar-refractivity contribution in [3.05, 3.63) is 0 Å². The fourth-order valence-electron chi connectivity index (χ4n) is 0.385. The van der Waals surface area contributed by atoms with Crippen molar-refractivity contribution >= 4 is 10.1 Å². The summed E-state index contributed by atoms with van der Waals surface area (Å²) >= 11 is 0. The number of hydrogen-bond acceptors (Lipinski definition) is 5. The summed E-state index contributed by atoms with van der Waals surface area (Å²) in [7, 11) is -4.22. The maximum Gasteiger partial charge on any atom is 1.00 e. The number of rotatable bonds is 5. The van der Waals surface area contributed by atoms with Gasteiger partial charge in [-0.15, -0.1) is 0 Å². The summed E-state index contributed by atoms with van der Waals surface area (Å²) in [6.45, 7) is 0.273. The first-order valence-corrected chi connectivity index (χ1v) is 4.75. The first-order valence-electron chi connectivity index (χ1n) is 3.24. The molecule has 6 nitrogen and oxygen atoms in total. The van der Waals surface area contributed by atoms with E-state index in [0.717, 1.165) is 6.92 Å². The molecule has 0 amide bonds. The molecule has 0 radical (unpaired) electrons. The molecule has 0 rings (SSSR count). The van der Waals surface area contributed by atoms with Gasteiger partial charge in [0.25, 0.3) is 10.1 Å². The smallest absolute Gasteiger partial charge is 1.00 e. The predicted molar refractivity (Wildman–Crippen MR) is 41.2 cm³/mol. The average molecular weight is 224 g/mol. The van der Waals surface area contributed by atoms with Gasteiger partial charge in [-0.25, -0.2) is 0 Å². The first kappa shape index (κ1) is 16.2. The van der Waals surface area contributed by atoms with Crippen molar-refractivity contribution in [1.29, 1.82) is 0 Å². The maximum atomic E-state index is 10.3. The molecule has 0 saturated carbocycles. The molecule has 13 heavy (non-hydrogen) atoms. The van der Waals surface area contributed by atoms with Gasteiger partial charge in [-0.3, -0.25) is 4.55 Å². The van der Waals surface area contributed by atoms with Gasteiger partial charge in [-0.2, -0.15) is 8.42 Å². The van der Waals surface area contributed by atoms with Gasteiger partial charge < -0.3 is 16.4 Å². The standard InChI is InChI=1S/C5H12O6S.Na.H/c1-4(12(8,9)10)11-3-5(7)2-6;;/h4-7H,2-3H2,1H3,(H,8,9,10);;/q;+1;-1. The van der Waals surface area contributed by atoms with Crippen LogP contribution in [-0.2, 0) is 14.9 Å². The second kappa shape index (κ2) is 7.13. The molecule has 3 N–H and O–H groups in total. The molecule has 2 atom stereocenters. The van der Waals surface area contributed by atoms with Crippen LogP contribution in [0.4, 0.5) is 0 Å². The van der Waals surface area contributed by atoms with E-state index in [4.69, 9.17) is 14.8 Å². The van der Waals surface area contributed by atoms with Gasteiger partial charge in [-0.1, -0.05) is 0 Å². The van der Waals surface area contributed by atoms with Gasteiger partial charge in [0.05, 0.1) is 13.2 Å². The van der Waals surface area contributed by atoms with Gasteiger partial charge in [0.2, 0.25) is 0 Å². The fraction of sp³-hybridized carbons (Fsp3) is 1.00. The van der Waals surface area contributed by atoms with Crippen LogP contribution in [0.2, 0.25) is 0 Å². The zero-order chi connectivity index (χ0) is 9.78. The van der Waals surface area contributed by atoms with E-state index in [1.165, 1.54) is 0 Å². The van der Waals surface area contributed by atoms with E-state index < -0.39 is 28.3 Å². The van der Waals surface area contributed by atoms with Gasteiger partial charge >= 0.3 is 29.6 Å². The topological polar surface area (TPSA) is 104 Å². The fourth-order valence-corrected chi connectivity index (χ4v) is 0.636. The van der Waals surface area contributed by atoms with Crippen LogP contribution < -0.4 is 29.6 Å². The third kappa shape index (κ3) is 7.83. The van der Waals surface area contributed by atoms with E-state index in [-0.39, 0.29) is 37.6 Å². The van der Waals surface area contributed by atoms with Crippen molar-refractivity contribution < 1.29 is 58.9 Å². The molecule has 0 saturated heterocycles. The molecule has 0 aromatic carbocycles. The largest absolute Gasteiger partial charge is 1.00 e. The monoisotopic (exact) mass is 224 g/mol. The SMILES string of the molecule is CC(OCC(O)CO)S(=O)(=O)O.[H-].[Na+]. The normalized spacial score (nSPS) is 16.0. The summed E-state index contributed by atoms with van der Waals surface area (Å²) in [6.07, 6.45) is -1.13. The van der Waals surface area contributed by atoms with E-state index in [1.54, 1.807) is 0 Å². The van der Waals surface area contributed by atoms with Gasteiger partial charge in [0, 0.05) is 0 Å². The van der Waals surface area contributed by atoms with Crippen molar-refractivity contribution in [2.75, 3.05) is 13.2 Å². The number of hydrogen-bond donors (Lipinski definition) is 3. The molecule has 0 spiro atoms. The number of ether oxygens (including phenoxy) is 1.